The van der Waals surface area contributed by atoms with Crippen LogP contribution in [0.2, 0.25) is 0 Å². The molecular formula is C10H14N2O3S. The highest BCUT2D eigenvalue weighted by molar-refractivity contribution is 7.87. The standard InChI is InChI=1S/C10H14N2O3S/c1-10(2,3)16(15)11-8-5-4-6-9(7-8)12(13)14/h4-7,11H,1-3H3. The van der Waals surface area contributed by atoms with E-state index in [4.69, 9.17) is 0 Å². The largest absolute Gasteiger partial charge is 0.305 e. The van der Waals surface area contributed by atoms with Gasteiger partial charge in [-0.05, 0) is 26.8 Å². The Morgan fingerprint density at radius 3 is 2.50 bits per heavy atom. The Labute approximate surface area is 96.6 Å². The van der Waals surface area contributed by atoms with E-state index in [1.165, 1.54) is 12.1 Å². The molecule has 0 aliphatic heterocycles. The normalized spacial score (nSPS) is 13.2. The lowest BCUT2D eigenvalue weighted by molar-refractivity contribution is -0.384. The lowest BCUT2D eigenvalue weighted by Gasteiger charge is -2.18. The molecule has 0 fully saturated rings. The van der Waals surface area contributed by atoms with E-state index in [0.717, 1.165) is 0 Å². The fourth-order valence-corrected chi connectivity index (χ4v) is 1.59. The molecule has 1 aromatic carbocycles. The van der Waals surface area contributed by atoms with E-state index in [9.17, 15) is 14.3 Å². The SMILES string of the molecule is CC(C)(C)S(=O)Nc1cccc([N+](=O)[O-])c1. The molecule has 0 heterocycles. The van der Waals surface area contributed by atoms with Gasteiger partial charge in [-0.2, -0.15) is 0 Å². The number of non-ortho nitro benzene ring substituents is 1. The first-order chi connectivity index (χ1) is 7.30. The molecule has 16 heavy (non-hydrogen) atoms. The van der Waals surface area contributed by atoms with Crippen molar-refractivity contribution < 1.29 is 9.13 Å². The number of nitro groups is 1. The van der Waals surface area contributed by atoms with Crippen LogP contribution in [0.15, 0.2) is 24.3 Å². The van der Waals surface area contributed by atoms with E-state index in [0.29, 0.717) is 5.69 Å². The van der Waals surface area contributed by atoms with E-state index < -0.39 is 20.7 Å². The minimum absolute atomic E-state index is 0.0177. The summed E-state index contributed by atoms with van der Waals surface area (Å²) >= 11 is 0. The number of nitro benzene ring substituents is 1. The van der Waals surface area contributed by atoms with Crippen molar-refractivity contribution in [3.8, 4) is 0 Å². The van der Waals surface area contributed by atoms with E-state index in [1.807, 2.05) is 20.8 Å². The lowest BCUT2D eigenvalue weighted by atomic mass is 10.3. The van der Waals surface area contributed by atoms with Gasteiger partial charge >= 0.3 is 0 Å². The van der Waals surface area contributed by atoms with Crippen molar-refractivity contribution in [1.82, 2.24) is 0 Å². The maximum Gasteiger partial charge on any atom is 0.271 e. The van der Waals surface area contributed by atoms with E-state index in [1.54, 1.807) is 12.1 Å². The third kappa shape index (κ3) is 3.30. The highest BCUT2D eigenvalue weighted by atomic mass is 32.2. The summed E-state index contributed by atoms with van der Waals surface area (Å²) < 4.78 is 14.1. The fourth-order valence-electron chi connectivity index (χ4n) is 0.943. The minimum Gasteiger partial charge on any atom is -0.305 e. The number of hydrogen-bond donors (Lipinski definition) is 1. The molecule has 0 saturated carbocycles. The van der Waals surface area contributed by atoms with Gasteiger partial charge in [-0.25, -0.2) is 4.21 Å². The number of benzene rings is 1. The molecule has 0 bridgehead atoms. The summed E-state index contributed by atoms with van der Waals surface area (Å²) in [5.74, 6) is 0. The van der Waals surface area contributed by atoms with Crippen molar-refractivity contribution in [3.63, 3.8) is 0 Å². The molecule has 0 aliphatic carbocycles. The van der Waals surface area contributed by atoms with Crippen LogP contribution in [-0.2, 0) is 11.0 Å². The monoisotopic (exact) mass is 242 g/mol. The molecule has 1 N–H and O–H groups in total. The summed E-state index contributed by atoms with van der Waals surface area (Å²) in [6.45, 7) is 5.48. The molecule has 0 aromatic heterocycles. The third-order valence-corrected chi connectivity index (χ3v) is 3.36. The van der Waals surface area contributed by atoms with Gasteiger partial charge in [0.05, 0.1) is 15.4 Å². The lowest BCUT2D eigenvalue weighted by Crippen LogP contribution is -2.27. The van der Waals surface area contributed by atoms with Gasteiger partial charge in [0, 0.05) is 12.1 Å². The number of rotatable bonds is 3. The Morgan fingerprint density at radius 1 is 1.38 bits per heavy atom. The smallest absolute Gasteiger partial charge is 0.271 e. The zero-order chi connectivity index (χ0) is 12.3. The van der Waals surface area contributed by atoms with Gasteiger partial charge < -0.3 is 4.72 Å². The second kappa shape index (κ2) is 4.61. The molecule has 0 saturated heterocycles. The molecule has 1 aromatic rings. The molecule has 5 nitrogen and oxygen atoms in total. The van der Waals surface area contributed by atoms with Gasteiger partial charge in [-0.1, -0.05) is 6.07 Å². The number of nitrogens with one attached hydrogen (secondary N) is 1. The molecular weight excluding hydrogens is 228 g/mol. The van der Waals surface area contributed by atoms with Crippen LogP contribution in [0, 0.1) is 10.1 Å². The molecule has 88 valence electrons. The molecule has 0 radical (unpaired) electrons. The second-order valence-electron chi connectivity index (χ2n) is 4.29. The van der Waals surface area contributed by atoms with Crippen molar-refractivity contribution in [1.29, 1.82) is 0 Å². The maximum atomic E-state index is 11.7. The summed E-state index contributed by atoms with van der Waals surface area (Å²) in [5.41, 5.74) is 0.471. The number of hydrogen-bond acceptors (Lipinski definition) is 3. The van der Waals surface area contributed by atoms with Gasteiger partial charge in [-0.3, -0.25) is 10.1 Å². The van der Waals surface area contributed by atoms with Crippen LogP contribution in [0.4, 0.5) is 11.4 Å². The Bertz CT molecular complexity index is 426. The van der Waals surface area contributed by atoms with E-state index in [2.05, 4.69) is 4.72 Å². The third-order valence-electron chi connectivity index (χ3n) is 1.82. The van der Waals surface area contributed by atoms with Gasteiger partial charge in [0.2, 0.25) is 0 Å². The summed E-state index contributed by atoms with van der Waals surface area (Å²) in [6, 6.07) is 5.96. The minimum atomic E-state index is -1.28. The summed E-state index contributed by atoms with van der Waals surface area (Å²) in [7, 11) is -1.28. The summed E-state index contributed by atoms with van der Waals surface area (Å²) in [6.07, 6.45) is 0. The Kier molecular flexibility index (Phi) is 3.64. The average molecular weight is 242 g/mol. The van der Waals surface area contributed by atoms with Crippen LogP contribution in [0.25, 0.3) is 0 Å². The van der Waals surface area contributed by atoms with Crippen LogP contribution in [0.1, 0.15) is 20.8 Å². The van der Waals surface area contributed by atoms with E-state index in [-0.39, 0.29) is 5.69 Å². The Balaban J connectivity index is 2.87. The molecule has 6 heteroatoms. The second-order valence-corrected chi connectivity index (χ2v) is 6.26. The fraction of sp³-hybridized carbons (Fsp3) is 0.400. The molecule has 0 aliphatic rings. The first kappa shape index (κ1) is 12.6. The summed E-state index contributed by atoms with van der Waals surface area (Å²) in [4.78, 5) is 10.1. The highest BCUT2D eigenvalue weighted by Crippen LogP contribution is 2.20. The van der Waals surface area contributed by atoms with Gasteiger partial charge in [0.1, 0.15) is 11.0 Å². The number of anilines is 1. The zero-order valence-electron chi connectivity index (χ0n) is 9.39. The van der Waals surface area contributed by atoms with Crippen LogP contribution >= 0.6 is 0 Å². The first-order valence-electron chi connectivity index (χ1n) is 4.74. The van der Waals surface area contributed by atoms with Crippen LogP contribution in [0.5, 0.6) is 0 Å². The Hall–Kier alpha value is -1.43. The average Bonchev–Trinajstić information content (AvgIpc) is 2.16. The topological polar surface area (TPSA) is 72.2 Å². The molecule has 0 amide bonds. The van der Waals surface area contributed by atoms with Crippen LogP contribution in [0.3, 0.4) is 0 Å². The predicted octanol–water partition coefficient (Wildman–Crippen LogP) is 2.47. The first-order valence-corrected chi connectivity index (χ1v) is 5.88. The quantitative estimate of drug-likeness (QED) is 0.653. The van der Waals surface area contributed by atoms with Gasteiger partial charge in [-0.15, -0.1) is 0 Å². The zero-order valence-corrected chi connectivity index (χ0v) is 10.2. The molecule has 1 atom stereocenters. The van der Waals surface area contributed by atoms with Crippen LogP contribution < -0.4 is 4.72 Å². The molecule has 1 unspecified atom stereocenters. The van der Waals surface area contributed by atoms with Gasteiger partial charge in [0.15, 0.2) is 0 Å². The van der Waals surface area contributed by atoms with Crippen LogP contribution in [-0.4, -0.2) is 13.9 Å². The molecule has 1 rings (SSSR count). The van der Waals surface area contributed by atoms with Crippen molar-refractivity contribution in [2.75, 3.05) is 4.72 Å². The van der Waals surface area contributed by atoms with Crippen molar-refractivity contribution in [2.45, 2.75) is 25.5 Å². The van der Waals surface area contributed by atoms with E-state index >= 15 is 0 Å². The Morgan fingerprint density at radius 2 is 2.00 bits per heavy atom. The van der Waals surface area contributed by atoms with Crippen molar-refractivity contribution >= 4 is 22.4 Å². The molecule has 0 spiro atoms. The van der Waals surface area contributed by atoms with Crippen molar-refractivity contribution in [3.05, 3.63) is 34.4 Å². The van der Waals surface area contributed by atoms with Gasteiger partial charge in [0.25, 0.3) is 5.69 Å². The predicted molar refractivity (Wildman–Crippen MR) is 64.6 cm³/mol. The number of nitrogens with zero attached hydrogens (tertiary/aromatic N) is 1. The summed E-state index contributed by atoms with van der Waals surface area (Å²) in [5, 5.41) is 10.5. The maximum absolute atomic E-state index is 11.7. The highest BCUT2D eigenvalue weighted by Gasteiger charge is 2.20. The van der Waals surface area contributed by atoms with Crippen molar-refractivity contribution in [2.24, 2.45) is 0 Å².